The van der Waals surface area contributed by atoms with Gasteiger partial charge in [0.25, 0.3) is 0 Å². The zero-order valence-corrected chi connectivity index (χ0v) is 17.7. The van der Waals surface area contributed by atoms with Crippen molar-refractivity contribution in [3.8, 4) is 11.4 Å². The number of ether oxygens (including phenoxy) is 1. The number of benzene rings is 2. The number of hydrogen-bond acceptors (Lipinski definition) is 4. The molecular formula is C20H23BrN4O2. The van der Waals surface area contributed by atoms with Gasteiger partial charge in [-0.3, -0.25) is 0 Å². The summed E-state index contributed by atoms with van der Waals surface area (Å²) >= 11 is 3.62. The van der Waals surface area contributed by atoms with E-state index in [0.29, 0.717) is 12.3 Å². The molecule has 0 spiro atoms. The Hall–Kier alpha value is -2.41. The lowest BCUT2D eigenvalue weighted by Gasteiger charge is -2.22. The Balaban J connectivity index is 1.94. The number of halogens is 1. The van der Waals surface area contributed by atoms with Crippen LogP contribution in [0.3, 0.4) is 0 Å². The summed E-state index contributed by atoms with van der Waals surface area (Å²) in [5, 5.41) is 7.76. The molecule has 1 heterocycles. The van der Waals surface area contributed by atoms with Crippen molar-refractivity contribution >= 4 is 15.9 Å². The van der Waals surface area contributed by atoms with Gasteiger partial charge < -0.3 is 4.74 Å². The molecule has 0 radical (unpaired) electrons. The summed E-state index contributed by atoms with van der Waals surface area (Å²) in [6.07, 6.45) is 0. The van der Waals surface area contributed by atoms with Crippen molar-refractivity contribution in [2.45, 2.75) is 39.7 Å². The normalized spacial score (nSPS) is 11.6. The highest BCUT2D eigenvalue weighted by molar-refractivity contribution is 9.10. The van der Waals surface area contributed by atoms with Gasteiger partial charge in [-0.1, -0.05) is 48.8 Å². The third kappa shape index (κ3) is 3.98. The van der Waals surface area contributed by atoms with E-state index in [1.165, 1.54) is 14.9 Å². The Kier molecular flexibility index (Phi) is 5.24. The maximum absolute atomic E-state index is 12.3. The third-order valence-electron chi connectivity index (χ3n) is 4.46. The molecule has 0 bridgehead atoms. The van der Waals surface area contributed by atoms with E-state index in [-0.39, 0.29) is 11.1 Å². The highest BCUT2D eigenvalue weighted by Crippen LogP contribution is 2.33. The van der Waals surface area contributed by atoms with Gasteiger partial charge in [0.05, 0.1) is 5.69 Å². The SMILES string of the molecule is Cc1cccc(-n2nnn(C)c2=O)c1COc1ccc(Br)c(C(C)(C)C)c1. The average molecular weight is 431 g/mol. The fraction of sp³-hybridized carbons (Fsp3) is 0.350. The molecule has 142 valence electrons. The van der Waals surface area contributed by atoms with Crippen LogP contribution < -0.4 is 10.4 Å². The quantitative estimate of drug-likeness (QED) is 0.629. The second-order valence-electron chi connectivity index (χ2n) is 7.55. The fourth-order valence-corrected chi connectivity index (χ4v) is 3.70. The van der Waals surface area contributed by atoms with Crippen molar-refractivity contribution < 1.29 is 4.74 Å². The monoisotopic (exact) mass is 430 g/mol. The van der Waals surface area contributed by atoms with Crippen LogP contribution in [0, 0.1) is 6.92 Å². The zero-order valence-electron chi connectivity index (χ0n) is 16.2. The fourth-order valence-electron chi connectivity index (χ4n) is 2.86. The molecule has 0 saturated carbocycles. The van der Waals surface area contributed by atoms with Gasteiger partial charge >= 0.3 is 5.69 Å². The first kappa shape index (κ1) is 19.4. The van der Waals surface area contributed by atoms with Crippen LogP contribution in [0.1, 0.15) is 37.5 Å². The molecular weight excluding hydrogens is 408 g/mol. The first-order valence-electron chi connectivity index (χ1n) is 8.69. The van der Waals surface area contributed by atoms with Crippen LogP contribution in [-0.4, -0.2) is 19.8 Å². The van der Waals surface area contributed by atoms with Crippen molar-refractivity contribution in [3.05, 3.63) is 68.0 Å². The summed E-state index contributed by atoms with van der Waals surface area (Å²) in [4.78, 5) is 12.3. The number of aromatic nitrogens is 4. The minimum absolute atomic E-state index is 0.00103. The van der Waals surface area contributed by atoms with E-state index in [0.717, 1.165) is 21.3 Å². The van der Waals surface area contributed by atoms with Crippen molar-refractivity contribution in [2.75, 3.05) is 0 Å². The van der Waals surface area contributed by atoms with Crippen molar-refractivity contribution in [3.63, 3.8) is 0 Å². The standard InChI is InChI=1S/C20H23BrN4O2/c1-13-7-6-8-18(25-19(26)24(5)22-23-25)15(13)12-27-14-9-10-17(21)16(11-14)20(2,3)4/h6-11H,12H2,1-5H3. The second kappa shape index (κ2) is 7.31. The van der Waals surface area contributed by atoms with Gasteiger partial charge in [0, 0.05) is 17.1 Å². The van der Waals surface area contributed by atoms with Gasteiger partial charge in [0.1, 0.15) is 12.4 Å². The molecule has 0 N–H and O–H groups in total. The number of aryl methyl sites for hydroxylation is 2. The maximum Gasteiger partial charge on any atom is 0.368 e. The van der Waals surface area contributed by atoms with Crippen LogP contribution in [-0.2, 0) is 19.1 Å². The number of nitrogens with zero attached hydrogens (tertiary/aromatic N) is 4. The molecule has 0 saturated heterocycles. The molecule has 0 unspecified atom stereocenters. The van der Waals surface area contributed by atoms with E-state index in [4.69, 9.17) is 4.74 Å². The largest absolute Gasteiger partial charge is 0.489 e. The van der Waals surface area contributed by atoms with Crippen LogP contribution in [0.15, 0.2) is 45.7 Å². The average Bonchev–Trinajstić information content (AvgIpc) is 2.93. The van der Waals surface area contributed by atoms with E-state index in [2.05, 4.69) is 53.2 Å². The smallest absolute Gasteiger partial charge is 0.368 e. The molecule has 3 aromatic rings. The summed E-state index contributed by atoms with van der Waals surface area (Å²) in [5.74, 6) is 0.781. The van der Waals surface area contributed by atoms with E-state index < -0.39 is 0 Å². The van der Waals surface area contributed by atoms with Gasteiger partial charge in [0.15, 0.2) is 0 Å². The van der Waals surface area contributed by atoms with E-state index in [1.807, 2.05) is 37.3 Å². The molecule has 0 fully saturated rings. The summed E-state index contributed by atoms with van der Waals surface area (Å²) in [7, 11) is 1.58. The summed E-state index contributed by atoms with van der Waals surface area (Å²) in [5.41, 5.74) is 3.49. The lowest BCUT2D eigenvalue weighted by molar-refractivity contribution is 0.304. The molecule has 6 nitrogen and oxygen atoms in total. The first-order chi connectivity index (χ1) is 12.7. The summed E-state index contributed by atoms with van der Waals surface area (Å²) < 4.78 is 9.65. The Morgan fingerprint density at radius 2 is 1.89 bits per heavy atom. The predicted molar refractivity (Wildman–Crippen MR) is 109 cm³/mol. The summed E-state index contributed by atoms with van der Waals surface area (Å²) in [6, 6.07) is 11.7. The van der Waals surface area contributed by atoms with Crippen molar-refractivity contribution in [1.29, 1.82) is 0 Å². The second-order valence-corrected chi connectivity index (χ2v) is 8.40. The Morgan fingerprint density at radius 3 is 2.52 bits per heavy atom. The Labute approximate surface area is 166 Å². The maximum atomic E-state index is 12.3. The molecule has 2 aromatic carbocycles. The van der Waals surface area contributed by atoms with Gasteiger partial charge in [0.2, 0.25) is 0 Å². The lowest BCUT2D eigenvalue weighted by Crippen LogP contribution is -2.23. The van der Waals surface area contributed by atoms with Crippen molar-refractivity contribution in [1.82, 2.24) is 19.8 Å². The minimum Gasteiger partial charge on any atom is -0.489 e. The van der Waals surface area contributed by atoms with Crippen molar-refractivity contribution in [2.24, 2.45) is 7.05 Å². The van der Waals surface area contributed by atoms with Gasteiger partial charge in [-0.05, 0) is 58.2 Å². The molecule has 0 aliphatic heterocycles. The molecule has 7 heteroatoms. The Morgan fingerprint density at radius 1 is 1.15 bits per heavy atom. The van der Waals surface area contributed by atoms with Crippen LogP contribution in [0.2, 0.25) is 0 Å². The molecule has 27 heavy (non-hydrogen) atoms. The predicted octanol–water partition coefficient (Wildman–Crippen LogP) is 3.91. The van der Waals surface area contributed by atoms with E-state index >= 15 is 0 Å². The molecule has 1 aromatic heterocycles. The minimum atomic E-state index is -0.291. The lowest BCUT2D eigenvalue weighted by atomic mass is 9.87. The van der Waals surface area contributed by atoms with E-state index in [9.17, 15) is 4.79 Å². The van der Waals surface area contributed by atoms with Crippen LogP contribution in [0.25, 0.3) is 5.69 Å². The van der Waals surface area contributed by atoms with Crippen LogP contribution in [0.4, 0.5) is 0 Å². The molecule has 0 atom stereocenters. The molecule has 0 aliphatic rings. The Bertz CT molecular complexity index is 1030. The highest BCUT2D eigenvalue weighted by atomic mass is 79.9. The number of hydrogen-bond donors (Lipinski definition) is 0. The zero-order chi connectivity index (χ0) is 19.8. The van der Waals surface area contributed by atoms with Gasteiger partial charge in [-0.25, -0.2) is 4.79 Å². The summed E-state index contributed by atoms with van der Waals surface area (Å²) in [6.45, 7) is 8.81. The van der Waals surface area contributed by atoms with Crippen LogP contribution in [0.5, 0.6) is 5.75 Å². The molecule has 0 amide bonds. The highest BCUT2D eigenvalue weighted by Gasteiger charge is 2.18. The first-order valence-corrected chi connectivity index (χ1v) is 9.48. The van der Waals surface area contributed by atoms with E-state index in [1.54, 1.807) is 7.05 Å². The van der Waals surface area contributed by atoms with Gasteiger partial charge in [-0.15, -0.1) is 0 Å². The van der Waals surface area contributed by atoms with Gasteiger partial charge in [-0.2, -0.15) is 9.36 Å². The third-order valence-corrected chi connectivity index (χ3v) is 5.16. The number of rotatable bonds is 4. The topological polar surface area (TPSA) is 61.9 Å². The molecule has 3 rings (SSSR count). The number of tetrazole rings is 1. The van der Waals surface area contributed by atoms with Crippen LogP contribution >= 0.6 is 15.9 Å². The molecule has 0 aliphatic carbocycles.